The molecule has 0 bridgehead atoms. The number of nitrogens with one attached hydrogen (secondary N) is 3. The van der Waals surface area contributed by atoms with Crippen LogP contribution in [0.25, 0.3) is 0 Å². The van der Waals surface area contributed by atoms with Crippen molar-refractivity contribution < 1.29 is 9.59 Å². The maximum absolute atomic E-state index is 11.8. The van der Waals surface area contributed by atoms with E-state index in [1.807, 2.05) is 5.38 Å². The molecule has 0 aliphatic rings. The lowest BCUT2D eigenvalue weighted by Gasteiger charge is -2.08. The van der Waals surface area contributed by atoms with Crippen molar-refractivity contribution in [1.29, 1.82) is 0 Å². The summed E-state index contributed by atoms with van der Waals surface area (Å²) in [4.78, 5) is 31.8. The molecular weight excluding hydrogens is 326 g/mol. The summed E-state index contributed by atoms with van der Waals surface area (Å²) in [7, 11) is 0. The summed E-state index contributed by atoms with van der Waals surface area (Å²) in [5.74, 6) is -0.212. The predicted molar refractivity (Wildman–Crippen MR) is 92.9 cm³/mol. The number of hydrogen-bond acceptors (Lipinski definition) is 5. The van der Waals surface area contributed by atoms with Gasteiger partial charge in [0.2, 0.25) is 0 Å². The lowest BCUT2D eigenvalue weighted by Crippen LogP contribution is -2.40. The minimum Gasteiger partial charge on any atom is -0.350 e. The Morgan fingerprint density at radius 1 is 1.21 bits per heavy atom. The number of nitrogens with zero attached hydrogens (tertiary/aromatic N) is 2. The zero-order chi connectivity index (χ0) is 17.2. The molecule has 0 atom stereocenters. The highest BCUT2D eigenvalue weighted by molar-refractivity contribution is 7.09. The van der Waals surface area contributed by atoms with Gasteiger partial charge in [0.05, 0.1) is 22.8 Å². The van der Waals surface area contributed by atoms with Crippen LogP contribution in [0.2, 0.25) is 0 Å². The van der Waals surface area contributed by atoms with E-state index in [2.05, 4.69) is 32.8 Å². The second-order valence-electron chi connectivity index (χ2n) is 5.09. The molecule has 3 amide bonds. The monoisotopic (exact) mass is 347 g/mol. The van der Waals surface area contributed by atoms with E-state index in [0.29, 0.717) is 25.2 Å². The van der Waals surface area contributed by atoms with E-state index in [-0.39, 0.29) is 11.9 Å². The third-order valence-electron chi connectivity index (χ3n) is 3.11. The number of amides is 3. The van der Waals surface area contributed by atoms with Crippen LogP contribution in [0.1, 0.15) is 34.4 Å². The van der Waals surface area contributed by atoms with Crippen LogP contribution >= 0.6 is 11.3 Å². The van der Waals surface area contributed by atoms with Crippen molar-refractivity contribution in [1.82, 2.24) is 25.9 Å². The number of hydrogen-bond donors (Lipinski definition) is 3. The number of carbonyl (C=O) groups is 2. The third kappa shape index (κ3) is 5.96. The summed E-state index contributed by atoms with van der Waals surface area (Å²) in [6.45, 7) is 3.20. The molecule has 3 N–H and O–H groups in total. The second kappa shape index (κ2) is 9.61. The van der Waals surface area contributed by atoms with Crippen molar-refractivity contribution in [3.63, 3.8) is 0 Å². The SMILES string of the molecule is CCCc1nc(CNC(=O)NCCNC(=O)c2cccnc2)cs1. The number of urea groups is 1. The van der Waals surface area contributed by atoms with Crippen LogP contribution < -0.4 is 16.0 Å². The Labute approximate surface area is 144 Å². The van der Waals surface area contributed by atoms with Gasteiger partial charge in [0.15, 0.2) is 0 Å². The maximum Gasteiger partial charge on any atom is 0.315 e. The van der Waals surface area contributed by atoms with Gasteiger partial charge in [-0.3, -0.25) is 9.78 Å². The zero-order valence-electron chi connectivity index (χ0n) is 13.5. The Balaban J connectivity index is 1.60. The molecule has 2 rings (SSSR count). The van der Waals surface area contributed by atoms with Gasteiger partial charge in [-0.2, -0.15) is 0 Å². The average molecular weight is 347 g/mol. The molecule has 2 heterocycles. The fourth-order valence-corrected chi connectivity index (χ4v) is 2.84. The third-order valence-corrected chi connectivity index (χ3v) is 4.07. The van der Waals surface area contributed by atoms with Crippen LogP contribution in [0.3, 0.4) is 0 Å². The van der Waals surface area contributed by atoms with Crippen molar-refractivity contribution in [2.24, 2.45) is 0 Å². The molecule has 24 heavy (non-hydrogen) atoms. The van der Waals surface area contributed by atoms with Crippen LogP contribution in [-0.2, 0) is 13.0 Å². The molecule has 0 spiro atoms. The van der Waals surface area contributed by atoms with Gasteiger partial charge in [0, 0.05) is 30.9 Å². The summed E-state index contributed by atoms with van der Waals surface area (Å²) in [5, 5.41) is 11.2. The van der Waals surface area contributed by atoms with Crippen molar-refractivity contribution in [2.75, 3.05) is 13.1 Å². The number of pyridine rings is 1. The Morgan fingerprint density at radius 2 is 2.04 bits per heavy atom. The number of aromatic nitrogens is 2. The molecule has 0 fully saturated rings. The van der Waals surface area contributed by atoms with Gasteiger partial charge in [-0.25, -0.2) is 9.78 Å². The quantitative estimate of drug-likeness (QED) is 0.634. The zero-order valence-corrected chi connectivity index (χ0v) is 14.4. The molecule has 7 nitrogen and oxygen atoms in total. The van der Waals surface area contributed by atoms with Crippen LogP contribution in [0, 0.1) is 0 Å². The molecule has 2 aromatic rings. The van der Waals surface area contributed by atoms with E-state index in [1.165, 1.54) is 6.20 Å². The van der Waals surface area contributed by atoms with Gasteiger partial charge in [-0.15, -0.1) is 11.3 Å². The van der Waals surface area contributed by atoms with Gasteiger partial charge < -0.3 is 16.0 Å². The molecule has 0 saturated carbocycles. The summed E-state index contributed by atoms with van der Waals surface area (Å²) in [6.07, 6.45) is 5.13. The van der Waals surface area contributed by atoms with Crippen molar-refractivity contribution >= 4 is 23.3 Å². The Hall–Kier alpha value is -2.48. The molecule has 0 aromatic carbocycles. The van der Waals surface area contributed by atoms with E-state index >= 15 is 0 Å². The first-order valence-electron chi connectivity index (χ1n) is 7.82. The van der Waals surface area contributed by atoms with Crippen LogP contribution in [-0.4, -0.2) is 35.0 Å². The van der Waals surface area contributed by atoms with E-state index in [1.54, 1.807) is 29.7 Å². The maximum atomic E-state index is 11.8. The largest absolute Gasteiger partial charge is 0.350 e. The topological polar surface area (TPSA) is 96.0 Å². The van der Waals surface area contributed by atoms with Crippen LogP contribution in [0.4, 0.5) is 4.79 Å². The molecule has 0 radical (unpaired) electrons. The smallest absolute Gasteiger partial charge is 0.315 e. The van der Waals surface area contributed by atoms with Gasteiger partial charge in [0.25, 0.3) is 5.91 Å². The van der Waals surface area contributed by atoms with Crippen molar-refractivity contribution in [2.45, 2.75) is 26.3 Å². The van der Waals surface area contributed by atoms with Gasteiger partial charge in [-0.05, 0) is 25.0 Å². The van der Waals surface area contributed by atoms with Crippen molar-refractivity contribution in [3.05, 3.63) is 46.2 Å². The fourth-order valence-electron chi connectivity index (χ4n) is 1.94. The van der Waals surface area contributed by atoms with E-state index in [9.17, 15) is 9.59 Å². The summed E-state index contributed by atoms with van der Waals surface area (Å²) in [5.41, 5.74) is 1.36. The highest BCUT2D eigenvalue weighted by atomic mass is 32.1. The average Bonchev–Trinajstić information content (AvgIpc) is 3.05. The molecular formula is C16H21N5O2S. The molecule has 2 aromatic heterocycles. The van der Waals surface area contributed by atoms with Crippen molar-refractivity contribution in [3.8, 4) is 0 Å². The first-order chi connectivity index (χ1) is 11.7. The number of thiazole rings is 1. The van der Waals surface area contributed by atoms with Gasteiger partial charge in [0.1, 0.15) is 0 Å². The van der Waals surface area contributed by atoms with Crippen LogP contribution in [0.15, 0.2) is 29.9 Å². The molecule has 0 aliphatic carbocycles. The molecule has 0 aliphatic heterocycles. The van der Waals surface area contributed by atoms with E-state index in [4.69, 9.17) is 0 Å². The number of aryl methyl sites for hydroxylation is 1. The highest BCUT2D eigenvalue weighted by Gasteiger charge is 2.06. The molecule has 128 valence electrons. The minimum absolute atomic E-state index is 0.212. The molecule has 0 unspecified atom stereocenters. The summed E-state index contributed by atoms with van der Waals surface area (Å²) >= 11 is 1.61. The van der Waals surface area contributed by atoms with Gasteiger partial charge >= 0.3 is 6.03 Å². The lowest BCUT2D eigenvalue weighted by molar-refractivity contribution is 0.0953. The Kier molecular flexibility index (Phi) is 7.16. The molecule has 0 saturated heterocycles. The number of rotatable bonds is 8. The molecule has 8 heteroatoms. The summed E-state index contributed by atoms with van der Waals surface area (Å²) < 4.78 is 0. The van der Waals surface area contributed by atoms with Crippen LogP contribution in [0.5, 0.6) is 0 Å². The van der Waals surface area contributed by atoms with E-state index < -0.39 is 0 Å². The second-order valence-corrected chi connectivity index (χ2v) is 6.03. The minimum atomic E-state index is -0.282. The standard InChI is InChI=1S/C16H21N5O2S/c1-2-4-14-21-13(11-24-14)10-20-16(23)19-8-7-18-15(22)12-5-3-6-17-9-12/h3,5-6,9,11H,2,4,7-8,10H2,1H3,(H,18,22)(H2,19,20,23). The summed E-state index contributed by atoms with van der Waals surface area (Å²) in [6, 6.07) is 3.10. The first kappa shape index (κ1) is 17.9. The first-order valence-corrected chi connectivity index (χ1v) is 8.70. The normalized spacial score (nSPS) is 10.2. The lowest BCUT2D eigenvalue weighted by atomic mass is 10.3. The number of carbonyl (C=O) groups excluding carboxylic acids is 2. The Morgan fingerprint density at radius 3 is 2.79 bits per heavy atom. The fraction of sp³-hybridized carbons (Fsp3) is 0.375. The highest BCUT2D eigenvalue weighted by Crippen LogP contribution is 2.11. The Bertz CT molecular complexity index is 659. The van der Waals surface area contributed by atoms with Gasteiger partial charge in [-0.1, -0.05) is 6.92 Å². The predicted octanol–water partition coefficient (Wildman–Crippen LogP) is 1.72. The van der Waals surface area contributed by atoms with E-state index in [0.717, 1.165) is 23.5 Å².